The number of carboxylic acids is 1. The summed E-state index contributed by atoms with van der Waals surface area (Å²) in [5, 5.41) is 15.3. The molecule has 0 aliphatic heterocycles. The number of hydrogen-bond donors (Lipinski definition) is 4. The van der Waals surface area contributed by atoms with Crippen LogP contribution in [0.1, 0.15) is 41.9 Å². The van der Waals surface area contributed by atoms with Crippen LogP contribution in [-0.4, -0.2) is 39.6 Å². The molecule has 1 aromatic rings. The number of thioether (sulfide) groups is 1. The Hall–Kier alpha value is -1.63. The third-order valence-electron chi connectivity index (χ3n) is 3.76. The molecular weight excluding hydrogens is 290 g/mol. The van der Waals surface area contributed by atoms with Crippen LogP contribution in [0, 0.1) is 6.92 Å². The molecule has 2 amide bonds. The molecule has 0 unspecified atom stereocenters. The number of aromatic carboxylic acids is 1. The molecule has 1 fully saturated rings. The summed E-state index contributed by atoms with van der Waals surface area (Å²) in [6.07, 6.45) is 6.27. The standard InChI is InChI=1S/C14H21N3O3S/c1-8-7-11(12(15-8)13(18)19)17-14(20)16-9-3-5-10(21-2)6-4-9/h7,9-10,15H,3-6H2,1-2H3,(H,18,19)(H2,16,17,20). The van der Waals surface area contributed by atoms with Crippen molar-refractivity contribution in [2.75, 3.05) is 11.6 Å². The summed E-state index contributed by atoms with van der Waals surface area (Å²) >= 11 is 1.88. The van der Waals surface area contributed by atoms with E-state index in [1.165, 1.54) is 0 Å². The van der Waals surface area contributed by atoms with Crippen molar-refractivity contribution < 1.29 is 14.7 Å². The summed E-state index contributed by atoms with van der Waals surface area (Å²) in [6.45, 7) is 1.75. The van der Waals surface area contributed by atoms with Gasteiger partial charge in [0.2, 0.25) is 0 Å². The first-order valence-corrected chi connectivity index (χ1v) is 8.31. The van der Waals surface area contributed by atoms with Crippen LogP contribution in [0.4, 0.5) is 10.5 Å². The van der Waals surface area contributed by atoms with Gasteiger partial charge >= 0.3 is 12.0 Å². The van der Waals surface area contributed by atoms with E-state index < -0.39 is 5.97 Å². The summed E-state index contributed by atoms with van der Waals surface area (Å²) < 4.78 is 0. The molecule has 7 heteroatoms. The van der Waals surface area contributed by atoms with Crippen molar-refractivity contribution >= 4 is 29.4 Å². The fraction of sp³-hybridized carbons (Fsp3) is 0.571. The summed E-state index contributed by atoms with van der Waals surface area (Å²) in [7, 11) is 0. The Labute approximate surface area is 128 Å². The number of carboxylic acid groups (broad SMARTS) is 1. The van der Waals surface area contributed by atoms with Crippen LogP contribution in [0.3, 0.4) is 0 Å². The zero-order valence-corrected chi connectivity index (χ0v) is 13.0. The Morgan fingerprint density at radius 2 is 2.00 bits per heavy atom. The van der Waals surface area contributed by atoms with E-state index in [1.807, 2.05) is 11.8 Å². The van der Waals surface area contributed by atoms with Gasteiger partial charge in [0, 0.05) is 17.0 Å². The Kier molecular flexibility index (Phi) is 5.17. The van der Waals surface area contributed by atoms with Crippen LogP contribution < -0.4 is 10.6 Å². The molecule has 1 heterocycles. The highest BCUT2D eigenvalue weighted by atomic mass is 32.2. The third-order valence-corrected chi connectivity index (χ3v) is 4.90. The molecule has 6 nitrogen and oxygen atoms in total. The molecule has 2 rings (SSSR count). The predicted octanol–water partition coefficient (Wildman–Crippen LogP) is 2.82. The average Bonchev–Trinajstić information content (AvgIpc) is 2.80. The number of aromatic nitrogens is 1. The highest BCUT2D eigenvalue weighted by Crippen LogP contribution is 2.27. The van der Waals surface area contributed by atoms with Gasteiger partial charge < -0.3 is 20.7 Å². The average molecular weight is 311 g/mol. The Morgan fingerprint density at radius 1 is 1.33 bits per heavy atom. The zero-order valence-electron chi connectivity index (χ0n) is 12.2. The Bertz CT molecular complexity index is 522. The van der Waals surface area contributed by atoms with E-state index in [2.05, 4.69) is 21.9 Å². The molecule has 1 aliphatic carbocycles. The molecule has 0 radical (unpaired) electrons. The molecule has 0 bridgehead atoms. The molecule has 0 aromatic carbocycles. The van der Waals surface area contributed by atoms with Crippen LogP contribution in [0.15, 0.2) is 6.07 Å². The summed E-state index contributed by atoms with van der Waals surface area (Å²) in [6, 6.07) is 1.44. The van der Waals surface area contributed by atoms with Gasteiger partial charge in [0.15, 0.2) is 0 Å². The van der Waals surface area contributed by atoms with Gasteiger partial charge in [-0.2, -0.15) is 11.8 Å². The van der Waals surface area contributed by atoms with Crippen molar-refractivity contribution in [3.8, 4) is 0 Å². The van der Waals surface area contributed by atoms with Crippen molar-refractivity contribution in [2.45, 2.75) is 43.9 Å². The van der Waals surface area contributed by atoms with E-state index in [-0.39, 0.29) is 17.8 Å². The van der Waals surface area contributed by atoms with Crippen molar-refractivity contribution in [3.05, 3.63) is 17.5 Å². The first-order chi connectivity index (χ1) is 9.99. The maximum atomic E-state index is 12.0. The normalized spacial score (nSPS) is 21.8. The van der Waals surface area contributed by atoms with Crippen LogP contribution in [-0.2, 0) is 0 Å². The largest absolute Gasteiger partial charge is 0.477 e. The number of carbonyl (C=O) groups is 2. The third kappa shape index (κ3) is 4.17. The lowest BCUT2D eigenvalue weighted by molar-refractivity contribution is 0.0692. The van der Waals surface area contributed by atoms with Crippen molar-refractivity contribution in [1.82, 2.24) is 10.3 Å². The number of anilines is 1. The predicted molar refractivity (Wildman–Crippen MR) is 84.2 cm³/mol. The fourth-order valence-electron chi connectivity index (χ4n) is 2.64. The Balaban J connectivity index is 1.89. The monoisotopic (exact) mass is 311 g/mol. The van der Waals surface area contributed by atoms with Crippen LogP contribution in [0.25, 0.3) is 0 Å². The lowest BCUT2D eigenvalue weighted by Crippen LogP contribution is -2.40. The number of hydrogen-bond acceptors (Lipinski definition) is 3. The number of aromatic amines is 1. The molecule has 4 N–H and O–H groups in total. The number of nitrogens with one attached hydrogen (secondary N) is 3. The molecule has 1 aliphatic rings. The molecule has 21 heavy (non-hydrogen) atoms. The van der Waals surface area contributed by atoms with E-state index >= 15 is 0 Å². The van der Waals surface area contributed by atoms with Gasteiger partial charge in [-0.05, 0) is 44.9 Å². The maximum Gasteiger partial charge on any atom is 0.354 e. The lowest BCUT2D eigenvalue weighted by Gasteiger charge is -2.28. The smallest absolute Gasteiger partial charge is 0.354 e. The van der Waals surface area contributed by atoms with Crippen molar-refractivity contribution in [2.24, 2.45) is 0 Å². The first-order valence-electron chi connectivity index (χ1n) is 7.02. The van der Waals surface area contributed by atoms with Crippen molar-refractivity contribution in [3.63, 3.8) is 0 Å². The number of H-pyrrole nitrogens is 1. The minimum Gasteiger partial charge on any atom is -0.477 e. The van der Waals surface area contributed by atoms with E-state index in [0.717, 1.165) is 25.7 Å². The topological polar surface area (TPSA) is 94.2 Å². The van der Waals surface area contributed by atoms with Crippen LogP contribution >= 0.6 is 11.8 Å². The minimum atomic E-state index is -1.08. The summed E-state index contributed by atoms with van der Waals surface area (Å²) in [4.78, 5) is 25.8. The summed E-state index contributed by atoms with van der Waals surface area (Å²) in [5.74, 6) is -1.08. The van der Waals surface area contributed by atoms with E-state index in [9.17, 15) is 9.59 Å². The van der Waals surface area contributed by atoms with Crippen molar-refractivity contribution in [1.29, 1.82) is 0 Å². The molecule has 0 spiro atoms. The van der Waals surface area contributed by atoms with Gasteiger partial charge in [0.1, 0.15) is 5.69 Å². The van der Waals surface area contributed by atoms with E-state index in [4.69, 9.17) is 5.11 Å². The van der Waals surface area contributed by atoms with Crippen LogP contribution in [0.5, 0.6) is 0 Å². The fourth-order valence-corrected chi connectivity index (χ4v) is 3.39. The quantitative estimate of drug-likeness (QED) is 0.688. The van der Waals surface area contributed by atoms with Gasteiger partial charge in [0.25, 0.3) is 0 Å². The number of aryl methyl sites for hydroxylation is 1. The van der Waals surface area contributed by atoms with Gasteiger partial charge in [-0.25, -0.2) is 9.59 Å². The molecule has 0 saturated heterocycles. The molecule has 1 saturated carbocycles. The molecule has 116 valence electrons. The first kappa shape index (κ1) is 15.8. The molecule has 1 aromatic heterocycles. The SMILES string of the molecule is CSC1CCC(NC(=O)Nc2cc(C)[nH]c2C(=O)O)CC1. The van der Waals surface area contributed by atoms with Gasteiger partial charge in [0.05, 0.1) is 5.69 Å². The number of amides is 2. The highest BCUT2D eigenvalue weighted by molar-refractivity contribution is 7.99. The van der Waals surface area contributed by atoms with Gasteiger partial charge in [-0.1, -0.05) is 0 Å². The van der Waals surface area contributed by atoms with Gasteiger partial charge in [-0.15, -0.1) is 0 Å². The number of carbonyl (C=O) groups excluding carboxylic acids is 1. The second-order valence-corrected chi connectivity index (χ2v) is 6.49. The summed E-state index contributed by atoms with van der Waals surface area (Å²) in [5.41, 5.74) is 1.01. The molecule has 0 atom stereocenters. The lowest BCUT2D eigenvalue weighted by atomic mass is 9.95. The van der Waals surface area contributed by atoms with Crippen LogP contribution in [0.2, 0.25) is 0 Å². The van der Waals surface area contributed by atoms with E-state index in [0.29, 0.717) is 16.6 Å². The second kappa shape index (κ2) is 6.89. The number of urea groups is 1. The van der Waals surface area contributed by atoms with E-state index in [1.54, 1.807) is 13.0 Å². The minimum absolute atomic E-state index is 0.00809. The van der Waals surface area contributed by atoms with Gasteiger partial charge in [-0.3, -0.25) is 0 Å². The maximum absolute atomic E-state index is 12.0. The molecular formula is C14H21N3O3S. The zero-order chi connectivity index (χ0) is 15.4. The Morgan fingerprint density at radius 3 is 2.57 bits per heavy atom. The second-order valence-electron chi connectivity index (χ2n) is 5.35. The highest BCUT2D eigenvalue weighted by Gasteiger charge is 2.22. The number of rotatable bonds is 4.